The van der Waals surface area contributed by atoms with Crippen molar-refractivity contribution >= 4 is 27.9 Å². The summed E-state index contributed by atoms with van der Waals surface area (Å²) < 4.78 is 27.8. The molecule has 0 aliphatic heterocycles. The summed E-state index contributed by atoms with van der Waals surface area (Å²) >= 11 is 0. The van der Waals surface area contributed by atoms with Gasteiger partial charge in [0.15, 0.2) is 0 Å². The van der Waals surface area contributed by atoms with E-state index in [0.717, 1.165) is 6.08 Å². The van der Waals surface area contributed by atoms with E-state index in [9.17, 15) is 13.2 Å². The minimum atomic E-state index is -3.78. The summed E-state index contributed by atoms with van der Waals surface area (Å²) in [6, 6.07) is 2.98. The first-order chi connectivity index (χ1) is 9.87. The van der Waals surface area contributed by atoms with E-state index in [0.29, 0.717) is 5.56 Å². The van der Waals surface area contributed by atoms with E-state index >= 15 is 0 Å². The van der Waals surface area contributed by atoms with Crippen molar-refractivity contribution in [2.45, 2.75) is 4.90 Å². The Kier molecular flexibility index (Phi) is 4.03. The smallest absolute Gasteiger partial charge is 0.328 e. The summed E-state index contributed by atoms with van der Waals surface area (Å²) in [5.41, 5.74) is 0.510. The van der Waals surface area contributed by atoms with Gasteiger partial charge in [0.25, 0.3) is 10.0 Å². The number of nitrogens with one attached hydrogen (secondary N) is 1. The zero-order valence-electron chi connectivity index (χ0n) is 11.0. The monoisotopic (exact) mass is 308 g/mol. The minimum absolute atomic E-state index is 0.0123. The second kappa shape index (κ2) is 5.75. The average molecular weight is 308 g/mol. The van der Waals surface area contributed by atoms with Gasteiger partial charge in [0.1, 0.15) is 10.7 Å². The first-order valence-electron chi connectivity index (χ1n) is 5.75. The van der Waals surface area contributed by atoms with Gasteiger partial charge in [-0.25, -0.2) is 18.2 Å². The Morgan fingerprint density at radius 3 is 2.86 bits per heavy atom. The van der Waals surface area contributed by atoms with Gasteiger partial charge in [-0.1, -0.05) is 0 Å². The molecule has 2 rings (SSSR count). The first-order valence-corrected chi connectivity index (χ1v) is 7.24. The van der Waals surface area contributed by atoms with Crippen molar-refractivity contribution in [1.29, 1.82) is 0 Å². The van der Waals surface area contributed by atoms with Crippen LogP contribution < -0.4 is 4.72 Å². The lowest BCUT2D eigenvalue weighted by Crippen LogP contribution is -2.13. The highest BCUT2D eigenvalue weighted by atomic mass is 32.2. The third-order valence-electron chi connectivity index (χ3n) is 2.43. The predicted molar refractivity (Wildman–Crippen MR) is 74.9 cm³/mol. The second-order valence-electron chi connectivity index (χ2n) is 4.10. The summed E-state index contributed by atoms with van der Waals surface area (Å²) in [6.45, 7) is 0. The van der Waals surface area contributed by atoms with Gasteiger partial charge < -0.3 is 5.11 Å². The van der Waals surface area contributed by atoms with Gasteiger partial charge in [0.05, 0.1) is 6.20 Å². The maximum atomic E-state index is 12.1. The van der Waals surface area contributed by atoms with Crippen LogP contribution >= 0.6 is 0 Å². The number of sulfonamides is 1. The number of pyridine rings is 1. The number of hydrogen-bond donors (Lipinski definition) is 2. The van der Waals surface area contributed by atoms with Gasteiger partial charge in [-0.05, 0) is 23.8 Å². The van der Waals surface area contributed by atoms with Crippen molar-refractivity contribution in [3.8, 4) is 0 Å². The molecule has 0 aliphatic carbocycles. The normalized spacial score (nSPS) is 11.7. The average Bonchev–Trinajstić information content (AvgIpc) is 2.84. The molecule has 0 aliphatic rings. The molecule has 0 spiro atoms. The Morgan fingerprint density at radius 1 is 1.48 bits per heavy atom. The summed E-state index contributed by atoms with van der Waals surface area (Å²) in [4.78, 5) is 14.3. The number of rotatable bonds is 5. The Hall–Kier alpha value is -2.68. The Morgan fingerprint density at radius 2 is 2.24 bits per heavy atom. The largest absolute Gasteiger partial charge is 0.478 e. The van der Waals surface area contributed by atoms with Crippen LogP contribution in [0.5, 0.6) is 0 Å². The molecule has 2 aromatic heterocycles. The van der Waals surface area contributed by atoms with Crippen molar-refractivity contribution < 1.29 is 18.3 Å². The molecule has 2 heterocycles. The van der Waals surface area contributed by atoms with Crippen LogP contribution in [0.1, 0.15) is 5.56 Å². The molecule has 110 valence electrons. The second-order valence-corrected chi connectivity index (χ2v) is 5.78. The lowest BCUT2D eigenvalue weighted by atomic mass is 10.2. The van der Waals surface area contributed by atoms with Crippen LogP contribution in [0.3, 0.4) is 0 Å². The molecule has 0 bridgehead atoms. The lowest BCUT2D eigenvalue weighted by Gasteiger charge is -2.05. The van der Waals surface area contributed by atoms with Crippen LogP contribution in [0.4, 0.5) is 5.82 Å². The fraction of sp³-hybridized carbons (Fsp3) is 0.0833. The number of hydrogen-bond acceptors (Lipinski definition) is 5. The van der Waals surface area contributed by atoms with Gasteiger partial charge in [-0.3, -0.25) is 9.40 Å². The van der Waals surface area contributed by atoms with E-state index < -0.39 is 16.0 Å². The van der Waals surface area contributed by atoms with Crippen molar-refractivity contribution in [1.82, 2.24) is 14.8 Å². The minimum Gasteiger partial charge on any atom is -0.478 e. The SMILES string of the molecule is Cn1cc(S(=O)(=O)Nc2cc(/C=C/C(=O)O)ccn2)cn1. The van der Waals surface area contributed by atoms with Crippen LogP contribution in [-0.4, -0.2) is 34.3 Å². The van der Waals surface area contributed by atoms with E-state index in [1.54, 1.807) is 13.1 Å². The number of aliphatic carboxylic acids is 1. The molecule has 0 saturated carbocycles. The van der Waals surface area contributed by atoms with E-state index in [2.05, 4.69) is 14.8 Å². The summed E-state index contributed by atoms with van der Waals surface area (Å²) in [7, 11) is -2.17. The maximum absolute atomic E-state index is 12.1. The van der Waals surface area contributed by atoms with E-state index in [1.165, 1.54) is 35.4 Å². The quantitative estimate of drug-likeness (QED) is 0.786. The number of anilines is 1. The van der Waals surface area contributed by atoms with E-state index in [4.69, 9.17) is 5.11 Å². The Balaban J connectivity index is 2.23. The molecule has 9 heteroatoms. The molecule has 0 amide bonds. The summed E-state index contributed by atoms with van der Waals surface area (Å²) in [5, 5.41) is 12.3. The van der Waals surface area contributed by atoms with E-state index in [1.807, 2.05) is 0 Å². The summed E-state index contributed by atoms with van der Waals surface area (Å²) in [5.74, 6) is -1.00. The molecule has 2 aromatic rings. The highest BCUT2D eigenvalue weighted by Crippen LogP contribution is 2.15. The third kappa shape index (κ3) is 3.89. The first kappa shape index (κ1) is 14.7. The molecule has 21 heavy (non-hydrogen) atoms. The van der Waals surface area contributed by atoms with Crippen LogP contribution in [0.15, 0.2) is 41.7 Å². The Bertz CT molecular complexity index is 795. The Labute approximate surface area is 120 Å². The van der Waals surface area contributed by atoms with Crippen LogP contribution in [-0.2, 0) is 21.9 Å². The number of nitrogens with zero attached hydrogens (tertiary/aromatic N) is 3. The number of aryl methyl sites for hydroxylation is 1. The number of carbonyl (C=O) groups is 1. The highest BCUT2D eigenvalue weighted by molar-refractivity contribution is 7.92. The third-order valence-corrected chi connectivity index (χ3v) is 3.74. The number of carboxylic acid groups (broad SMARTS) is 1. The molecule has 8 nitrogen and oxygen atoms in total. The molecule has 2 N–H and O–H groups in total. The van der Waals surface area contributed by atoms with Gasteiger partial charge in [-0.2, -0.15) is 5.10 Å². The van der Waals surface area contributed by atoms with Crippen molar-refractivity contribution in [3.05, 3.63) is 42.4 Å². The maximum Gasteiger partial charge on any atom is 0.328 e. The lowest BCUT2D eigenvalue weighted by molar-refractivity contribution is -0.131. The predicted octanol–water partition coefficient (Wildman–Crippen LogP) is 0.714. The van der Waals surface area contributed by atoms with Gasteiger partial charge in [0.2, 0.25) is 0 Å². The molecule has 0 atom stereocenters. The fourth-order valence-corrected chi connectivity index (χ4v) is 2.49. The van der Waals surface area contributed by atoms with Crippen molar-refractivity contribution in [3.63, 3.8) is 0 Å². The zero-order valence-corrected chi connectivity index (χ0v) is 11.8. The summed E-state index contributed by atoms with van der Waals surface area (Å²) in [6.07, 6.45) is 6.25. The fourth-order valence-electron chi connectivity index (χ4n) is 1.51. The van der Waals surface area contributed by atoms with Gasteiger partial charge in [0, 0.05) is 25.5 Å². The topological polar surface area (TPSA) is 114 Å². The molecule has 0 saturated heterocycles. The highest BCUT2D eigenvalue weighted by Gasteiger charge is 2.16. The number of carboxylic acids is 1. The number of aromatic nitrogens is 3. The van der Waals surface area contributed by atoms with Crippen molar-refractivity contribution in [2.24, 2.45) is 7.05 Å². The van der Waals surface area contributed by atoms with E-state index in [-0.39, 0.29) is 10.7 Å². The molecule has 0 unspecified atom stereocenters. The molecule has 0 fully saturated rings. The molecule has 0 aromatic carbocycles. The zero-order chi connectivity index (χ0) is 15.5. The van der Waals surface area contributed by atoms with Gasteiger partial charge >= 0.3 is 5.97 Å². The van der Waals surface area contributed by atoms with Gasteiger partial charge in [-0.15, -0.1) is 0 Å². The molecular weight excluding hydrogens is 296 g/mol. The van der Waals surface area contributed by atoms with Crippen molar-refractivity contribution in [2.75, 3.05) is 4.72 Å². The van der Waals surface area contributed by atoms with Crippen LogP contribution in [0.2, 0.25) is 0 Å². The molecule has 0 radical (unpaired) electrons. The van der Waals surface area contributed by atoms with Crippen LogP contribution in [0, 0.1) is 0 Å². The molecular formula is C12H12N4O4S. The van der Waals surface area contributed by atoms with Crippen LogP contribution in [0.25, 0.3) is 6.08 Å². The standard InChI is InChI=1S/C12H12N4O4S/c1-16-8-10(7-14-16)21(19,20)15-11-6-9(4-5-13-11)2-3-12(17)18/h2-8H,1H3,(H,13,15)(H,17,18)/b3-2+.